The Balaban J connectivity index is 2.15. The number of anilines is 2. The van der Waals surface area contributed by atoms with Crippen molar-refractivity contribution >= 4 is 11.6 Å². The average Bonchev–Trinajstić information content (AvgIpc) is 2.66. The van der Waals surface area contributed by atoms with E-state index in [0.29, 0.717) is 0 Å². The van der Waals surface area contributed by atoms with Gasteiger partial charge in [0, 0.05) is 25.2 Å². The third kappa shape index (κ3) is 3.12. The Morgan fingerprint density at radius 2 is 1.89 bits per heavy atom. The molecule has 1 N–H and O–H groups in total. The van der Waals surface area contributed by atoms with Crippen molar-refractivity contribution in [2.45, 2.75) is 46.0 Å². The van der Waals surface area contributed by atoms with Crippen LogP contribution in [0.5, 0.6) is 0 Å². The van der Waals surface area contributed by atoms with Crippen LogP contribution in [0.1, 0.15) is 44.6 Å². The molecule has 0 atom stereocenters. The molecule has 1 aromatic rings. The van der Waals surface area contributed by atoms with E-state index >= 15 is 0 Å². The molecule has 0 aliphatic carbocycles. The maximum Gasteiger partial charge on any atom is 0.137 e. The van der Waals surface area contributed by atoms with E-state index in [1.165, 1.54) is 31.2 Å². The van der Waals surface area contributed by atoms with Gasteiger partial charge in [-0.15, -0.1) is 0 Å². The second kappa shape index (κ2) is 6.57. The van der Waals surface area contributed by atoms with E-state index in [1.54, 1.807) is 6.33 Å². The van der Waals surface area contributed by atoms with Crippen LogP contribution in [0.4, 0.5) is 11.6 Å². The van der Waals surface area contributed by atoms with Gasteiger partial charge in [0.25, 0.3) is 0 Å². The number of aromatic nitrogens is 2. The molecule has 1 aliphatic heterocycles. The van der Waals surface area contributed by atoms with E-state index in [-0.39, 0.29) is 0 Å². The molecule has 2 heterocycles. The number of nitrogens with one attached hydrogen (secondary N) is 1. The molecular weight excluding hydrogens is 224 g/mol. The zero-order valence-electron chi connectivity index (χ0n) is 11.6. The van der Waals surface area contributed by atoms with Crippen molar-refractivity contribution in [2.75, 3.05) is 29.9 Å². The van der Waals surface area contributed by atoms with Gasteiger partial charge in [-0.1, -0.05) is 19.8 Å². The van der Waals surface area contributed by atoms with Crippen LogP contribution in [-0.2, 0) is 0 Å². The molecule has 1 saturated heterocycles. The minimum absolute atomic E-state index is 0.970. The lowest BCUT2D eigenvalue weighted by molar-refractivity contribution is 0.726. The van der Waals surface area contributed by atoms with Gasteiger partial charge < -0.3 is 10.2 Å². The van der Waals surface area contributed by atoms with Crippen LogP contribution in [0.3, 0.4) is 0 Å². The highest BCUT2D eigenvalue weighted by atomic mass is 15.2. The summed E-state index contributed by atoms with van der Waals surface area (Å²) >= 11 is 0. The molecule has 4 heteroatoms. The maximum atomic E-state index is 4.49. The fourth-order valence-electron chi connectivity index (χ4n) is 2.46. The highest BCUT2D eigenvalue weighted by molar-refractivity contribution is 5.57. The van der Waals surface area contributed by atoms with Crippen LogP contribution >= 0.6 is 0 Å². The zero-order chi connectivity index (χ0) is 12.8. The standard InChI is InChI=1S/C14H24N4/c1-3-8-15-13-12(2)14(17-11-16-13)18-9-6-4-5-7-10-18/h11H,3-10H2,1-2H3,(H,15,16,17). The Morgan fingerprint density at radius 3 is 2.56 bits per heavy atom. The normalized spacial score (nSPS) is 16.4. The summed E-state index contributed by atoms with van der Waals surface area (Å²) in [4.78, 5) is 11.3. The van der Waals surface area contributed by atoms with E-state index in [4.69, 9.17) is 0 Å². The Labute approximate surface area is 110 Å². The molecule has 2 rings (SSSR count). The largest absolute Gasteiger partial charge is 0.370 e. The van der Waals surface area contributed by atoms with E-state index in [1.807, 2.05) is 0 Å². The molecule has 1 aliphatic rings. The molecule has 0 bridgehead atoms. The van der Waals surface area contributed by atoms with E-state index in [2.05, 4.69) is 34.0 Å². The van der Waals surface area contributed by atoms with Crippen molar-refractivity contribution in [1.82, 2.24) is 9.97 Å². The first-order valence-corrected chi connectivity index (χ1v) is 7.13. The van der Waals surface area contributed by atoms with Crippen molar-refractivity contribution in [1.29, 1.82) is 0 Å². The third-order valence-corrected chi connectivity index (χ3v) is 3.51. The lowest BCUT2D eigenvalue weighted by atomic mass is 10.2. The first-order valence-electron chi connectivity index (χ1n) is 7.13. The van der Waals surface area contributed by atoms with Crippen molar-refractivity contribution in [3.05, 3.63) is 11.9 Å². The number of rotatable bonds is 4. The monoisotopic (exact) mass is 248 g/mol. The summed E-state index contributed by atoms with van der Waals surface area (Å²) in [7, 11) is 0. The fourth-order valence-corrected chi connectivity index (χ4v) is 2.46. The van der Waals surface area contributed by atoms with Crippen molar-refractivity contribution in [2.24, 2.45) is 0 Å². The van der Waals surface area contributed by atoms with Crippen LogP contribution in [0.25, 0.3) is 0 Å². The SMILES string of the molecule is CCCNc1ncnc(N2CCCCCC2)c1C. The van der Waals surface area contributed by atoms with Gasteiger partial charge in [0.15, 0.2) is 0 Å². The summed E-state index contributed by atoms with van der Waals surface area (Å²) in [6.45, 7) is 7.52. The Morgan fingerprint density at radius 1 is 1.17 bits per heavy atom. The first-order chi connectivity index (χ1) is 8.83. The summed E-state index contributed by atoms with van der Waals surface area (Å²) in [5.41, 5.74) is 1.19. The summed E-state index contributed by atoms with van der Waals surface area (Å²) in [6, 6.07) is 0. The predicted octanol–water partition coefficient (Wildman–Crippen LogP) is 2.99. The molecular formula is C14H24N4. The molecule has 0 saturated carbocycles. The second-order valence-electron chi connectivity index (χ2n) is 5.00. The zero-order valence-corrected chi connectivity index (χ0v) is 11.6. The third-order valence-electron chi connectivity index (χ3n) is 3.51. The molecule has 0 aromatic carbocycles. The Kier molecular flexibility index (Phi) is 4.79. The average molecular weight is 248 g/mol. The molecule has 1 fully saturated rings. The van der Waals surface area contributed by atoms with Gasteiger partial charge in [-0.3, -0.25) is 0 Å². The molecule has 4 nitrogen and oxygen atoms in total. The summed E-state index contributed by atoms with van der Waals surface area (Å²) in [6.07, 6.45) is 8.05. The molecule has 18 heavy (non-hydrogen) atoms. The van der Waals surface area contributed by atoms with Gasteiger partial charge in [0.2, 0.25) is 0 Å². The number of hydrogen-bond acceptors (Lipinski definition) is 4. The number of nitrogens with zero attached hydrogens (tertiary/aromatic N) is 3. The molecule has 1 aromatic heterocycles. The molecule has 100 valence electrons. The van der Waals surface area contributed by atoms with Crippen molar-refractivity contribution in [3.63, 3.8) is 0 Å². The first kappa shape index (κ1) is 13.1. The highest BCUT2D eigenvalue weighted by Gasteiger charge is 2.15. The molecule has 0 spiro atoms. The highest BCUT2D eigenvalue weighted by Crippen LogP contribution is 2.24. The predicted molar refractivity (Wildman–Crippen MR) is 76.2 cm³/mol. The van der Waals surface area contributed by atoms with Gasteiger partial charge in [-0.25, -0.2) is 9.97 Å². The maximum absolute atomic E-state index is 4.49. The van der Waals surface area contributed by atoms with Crippen LogP contribution in [0, 0.1) is 6.92 Å². The fraction of sp³-hybridized carbons (Fsp3) is 0.714. The minimum atomic E-state index is 0.970. The number of hydrogen-bond donors (Lipinski definition) is 1. The van der Waals surface area contributed by atoms with Gasteiger partial charge in [-0.05, 0) is 26.2 Å². The van der Waals surface area contributed by atoms with Gasteiger partial charge in [-0.2, -0.15) is 0 Å². The van der Waals surface area contributed by atoms with Crippen molar-refractivity contribution < 1.29 is 0 Å². The van der Waals surface area contributed by atoms with E-state index < -0.39 is 0 Å². The van der Waals surface area contributed by atoms with Gasteiger partial charge >= 0.3 is 0 Å². The van der Waals surface area contributed by atoms with Crippen LogP contribution in [0.15, 0.2) is 6.33 Å². The van der Waals surface area contributed by atoms with E-state index in [9.17, 15) is 0 Å². The Bertz CT molecular complexity index is 370. The topological polar surface area (TPSA) is 41.1 Å². The van der Waals surface area contributed by atoms with E-state index in [0.717, 1.165) is 37.7 Å². The molecule has 0 amide bonds. The Hall–Kier alpha value is -1.32. The van der Waals surface area contributed by atoms with Crippen molar-refractivity contribution in [3.8, 4) is 0 Å². The summed E-state index contributed by atoms with van der Waals surface area (Å²) in [5.74, 6) is 2.11. The van der Waals surface area contributed by atoms with Crippen LogP contribution in [-0.4, -0.2) is 29.6 Å². The quantitative estimate of drug-likeness (QED) is 0.889. The van der Waals surface area contributed by atoms with Crippen LogP contribution in [0.2, 0.25) is 0 Å². The van der Waals surface area contributed by atoms with Gasteiger partial charge in [0.1, 0.15) is 18.0 Å². The lowest BCUT2D eigenvalue weighted by Crippen LogP contribution is -2.26. The lowest BCUT2D eigenvalue weighted by Gasteiger charge is -2.24. The minimum Gasteiger partial charge on any atom is -0.370 e. The van der Waals surface area contributed by atoms with Gasteiger partial charge in [0.05, 0.1) is 0 Å². The smallest absolute Gasteiger partial charge is 0.137 e. The van der Waals surface area contributed by atoms with Crippen LogP contribution < -0.4 is 10.2 Å². The molecule has 0 radical (unpaired) electrons. The molecule has 0 unspecified atom stereocenters. The summed E-state index contributed by atoms with van der Waals surface area (Å²) < 4.78 is 0. The summed E-state index contributed by atoms with van der Waals surface area (Å²) in [5, 5.41) is 3.38. The second-order valence-corrected chi connectivity index (χ2v) is 5.00.